The van der Waals surface area contributed by atoms with E-state index in [0.29, 0.717) is 33.4 Å². The average molecular weight is 322 g/mol. The second-order valence-electron chi connectivity index (χ2n) is 5.45. The van der Waals surface area contributed by atoms with Gasteiger partial charge in [0.05, 0.1) is 25.0 Å². The first-order chi connectivity index (χ1) is 11.6. The van der Waals surface area contributed by atoms with Gasteiger partial charge in [0.25, 0.3) is 0 Å². The molecule has 5 heteroatoms. The van der Waals surface area contributed by atoms with Gasteiger partial charge in [0.1, 0.15) is 33.8 Å². The maximum Gasteiger partial charge on any atom is 0.204 e. The van der Waals surface area contributed by atoms with Crippen LogP contribution < -0.4 is 14.9 Å². The van der Waals surface area contributed by atoms with Crippen LogP contribution in [-0.2, 0) is 0 Å². The molecule has 3 aromatic carbocycles. The highest BCUT2D eigenvalue weighted by atomic mass is 16.5. The number of phenols is 1. The lowest BCUT2D eigenvalue weighted by atomic mass is 10.0. The van der Waals surface area contributed by atoms with Crippen LogP contribution in [0.2, 0.25) is 0 Å². The van der Waals surface area contributed by atoms with E-state index in [0.717, 1.165) is 5.39 Å². The molecule has 120 valence electrons. The highest BCUT2D eigenvalue weighted by molar-refractivity contribution is 6.07. The first kappa shape index (κ1) is 14.4. The fourth-order valence-corrected chi connectivity index (χ4v) is 3.00. The number of aromatic hydroxyl groups is 1. The van der Waals surface area contributed by atoms with Crippen LogP contribution in [0, 0.1) is 0 Å². The Labute approximate surface area is 136 Å². The summed E-state index contributed by atoms with van der Waals surface area (Å²) in [7, 11) is 3.07. The zero-order valence-electron chi connectivity index (χ0n) is 13.1. The molecule has 0 saturated heterocycles. The largest absolute Gasteiger partial charge is 0.506 e. The third kappa shape index (κ3) is 1.91. The number of phenolic OH excluding ortho intramolecular Hbond substituents is 1. The zero-order valence-corrected chi connectivity index (χ0v) is 13.1. The monoisotopic (exact) mass is 322 g/mol. The molecule has 1 N–H and O–H groups in total. The van der Waals surface area contributed by atoms with Crippen LogP contribution in [0.5, 0.6) is 17.2 Å². The second kappa shape index (κ2) is 5.16. The molecule has 5 nitrogen and oxygen atoms in total. The lowest BCUT2D eigenvalue weighted by molar-refractivity contribution is 0.414. The van der Waals surface area contributed by atoms with Crippen molar-refractivity contribution in [3.05, 3.63) is 52.7 Å². The SMILES string of the molecule is COc1ccc2c(=O)c3c(O)c4c(OC)cccc4cc3oc2c1. The summed E-state index contributed by atoms with van der Waals surface area (Å²) in [5.74, 6) is 0.962. The minimum Gasteiger partial charge on any atom is -0.506 e. The van der Waals surface area contributed by atoms with E-state index in [9.17, 15) is 9.90 Å². The van der Waals surface area contributed by atoms with Crippen LogP contribution in [-0.4, -0.2) is 19.3 Å². The topological polar surface area (TPSA) is 68.9 Å². The quantitative estimate of drug-likeness (QED) is 0.568. The van der Waals surface area contributed by atoms with Crippen molar-refractivity contribution in [3.63, 3.8) is 0 Å². The predicted molar refractivity (Wildman–Crippen MR) is 92.3 cm³/mol. The molecule has 4 rings (SSSR count). The minimum absolute atomic E-state index is 0.133. The van der Waals surface area contributed by atoms with Crippen molar-refractivity contribution in [2.24, 2.45) is 0 Å². The maximum absolute atomic E-state index is 12.9. The van der Waals surface area contributed by atoms with Gasteiger partial charge in [-0.2, -0.15) is 0 Å². The van der Waals surface area contributed by atoms with Crippen LogP contribution >= 0.6 is 0 Å². The van der Waals surface area contributed by atoms with Gasteiger partial charge in [-0.15, -0.1) is 0 Å². The molecule has 0 aliphatic heterocycles. The summed E-state index contributed by atoms with van der Waals surface area (Å²) in [5.41, 5.74) is 0.437. The summed E-state index contributed by atoms with van der Waals surface area (Å²) < 4.78 is 16.3. The summed E-state index contributed by atoms with van der Waals surface area (Å²) in [5, 5.41) is 12.4. The molecule has 0 amide bonds. The first-order valence-electron chi connectivity index (χ1n) is 7.37. The fraction of sp³-hybridized carbons (Fsp3) is 0.105. The van der Waals surface area contributed by atoms with Gasteiger partial charge >= 0.3 is 0 Å². The average Bonchev–Trinajstić information content (AvgIpc) is 2.60. The predicted octanol–water partition coefficient (Wildman–Crippen LogP) is 3.82. The highest BCUT2D eigenvalue weighted by Gasteiger charge is 2.17. The molecule has 4 aromatic rings. The Morgan fingerprint density at radius 2 is 1.79 bits per heavy atom. The van der Waals surface area contributed by atoms with E-state index in [1.165, 1.54) is 7.11 Å². The smallest absolute Gasteiger partial charge is 0.204 e. The van der Waals surface area contributed by atoms with Gasteiger partial charge in [0, 0.05) is 6.07 Å². The van der Waals surface area contributed by atoms with Crippen LogP contribution in [0.3, 0.4) is 0 Å². The van der Waals surface area contributed by atoms with E-state index in [-0.39, 0.29) is 16.6 Å². The summed E-state index contributed by atoms with van der Waals surface area (Å²) in [6.45, 7) is 0. The normalized spacial score (nSPS) is 11.2. The number of hydrogen-bond donors (Lipinski definition) is 1. The Kier molecular flexibility index (Phi) is 3.09. The number of fused-ring (bicyclic) bond motifs is 3. The number of hydrogen-bond acceptors (Lipinski definition) is 5. The van der Waals surface area contributed by atoms with Crippen LogP contribution in [0.15, 0.2) is 51.7 Å². The van der Waals surface area contributed by atoms with E-state index in [1.807, 2.05) is 12.1 Å². The van der Waals surface area contributed by atoms with Crippen molar-refractivity contribution < 1.29 is 19.0 Å². The maximum atomic E-state index is 12.9. The molecule has 0 radical (unpaired) electrons. The van der Waals surface area contributed by atoms with E-state index >= 15 is 0 Å². The number of rotatable bonds is 2. The van der Waals surface area contributed by atoms with Gasteiger partial charge < -0.3 is 19.0 Å². The van der Waals surface area contributed by atoms with E-state index in [4.69, 9.17) is 13.9 Å². The van der Waals surface area contributed by atoms with Crippen LogP contribution in [0.1, 0.15) is 0 Å². The number of benzene rings is 3. The summed E-state index contributed by atoms with van der Waals surface area (Å²) >= 11 is 0. The van der Waals surface area contributed by atoms with Gasteiger partial charge in [-0.1, -0.05) is 12.1 Å². The minimum atomic E-state index is -0.292. The van der Waals surface area contributed by atoms with E-state index in [1.54, 1.807) is 37.4 Å². The van der Waals surface area contributed by atoms with Crippen LogP contribution in [0.4, 0.5) is 0 Å². The van der Waals surface area contributed by atoms with Gasteiger partial charge in [-0.3, -0.25) is 4.79 Å². The Bertz CT molecular complexity index is 1150. The third-order valence-corrected chi connectivity index (χ3v) is 4.17. The van der Waals surface area contributed by atoms with Crippen molar-refractivity contribution in [2.75, 3.05) is 14.2 Å². The summed E-state index contributed by atoms with van der Waals surface area (Å²) in [4.78, 5) is 12.9. The Balaban J connectivity index is 2.22. The van der Waals surface area contributed by atoms with E-state index in [2.05, 4.69) is 0 Å². The molecule has 0 aliphatic rings. The molecule has 0 aliphatic carbocycles. The van der Waals surface area contributed by atoms with Gasteiger partial charge in [0.2, 0.25) is 5.43 Å². The second-order valence-corrected chi connectivity index (χ2v) is 5.45. The van der Waals surface area contributed by atoms with Gasteiger partial charge in [-0.25, -0.2) is 0 Å². The molecule has 0 atom stereocenters. The van der Waals surface area contributed by atoms with Crippen molar-refractivity contribution in [1.82, 2.24) is 0 Å². The highest BCUT2D eigenvalue weighted by Crippen LogP contribution is 2.39. The third-order valence-electron chi connectivity index (χ3n) is 4.17. The molecular formula is C19H14O5. The van der Waals surface area contributed by atoms with Crippen molar-refractivity contribution in [2.45, 2.75) is 0 Å². The van der Waals surface area contributed by atoms with Crippen molar-refractivity contribution in [3.8, 4) is 17.2 Å². The fourth-order valence-electron chi connectivity index (χ4n) is 3.00. The number of ether oxygens (including phenoxy) is 2. The lowest BCUT2D eigenvalue weighted by Crippen LogP contribution is -2.03. The van der Waals surface area contributed by atoms with Crippen LogP contribution in [0.25, 0.3) is 32.7 Å². The van der Waals surface area contributed by atoms with Crippen molar-refractivity contribution >= 4 is 32.7 Å². The Morgan fingerprint density at radius 1 is 0.958 bits per heavy atom. The molecule has 24 heavy (non-hydrogen) atoms. The Hall–Kier alpha value is -3.21. The van der Waals surface area contributed by atoms with E-state index < -0.39 is 0 Å². The molecule has 0 bridgehead atoms. The summed E-state index contributed by atoms with van der Waals surface area (Å²) in [6.07, 6.45) is 0. The molecule has 0 saturated carbocycles. The molecule has 1 heterocycles. The molecule has 0 spiro atoms. The standard InChI is InChI=1S/C19H14O5/c1-22-11-6-7-12-14(9-11)24-15-8-10-4-3-5-13(23-2)16(10)19(21)17(15)18(12)20/h3-9,21H,1-2H3. The zero-order chi connectivity index (χ0) is 16.8. The Morgan fingerprint density at radius 3 is 2.54 bits per heavy atom. The molecule has 0 fully saturated rings. The molecule has 1 aromatic heterocycles. The molecule has 0 unspecified atom stereocenters. The van der Waals surface area contributed by atoms with Crippen molar-refractivity contribution in [1.29, 1.82) is 0 Å². The summed E-state index contributed by atoms with van der Waals surface area (Å²) in [6, 6.07) is 12.1. The lowest BCUT2D eigenvalue weighted by Gasteiger charge is -2.10. The van der Waals surface area contributed by atoms with Gasteiger partial charge in [0.15, 0.2) is 0 Å². The molecular weight excluding hydrogens is 308 g/mol. The van der Waals surface area contributed by atoms with Gasteiger partial charge in [-0.05, 0) is 29.7 Å². The number of methoxy groups -OCH3 is 2. The first-order valence-corrected chi connectivity index (χ1v) is 7.37.